The van der Waals surface area contributed by atoms with Gasteiger partial charge in [0.15, 0.2) is 6.29 Å². The lowest BCUT2D eigenvalue weighted by Gasteiger charge is -2.06. The Morgan fingerprint density at radius 1 is 1.33 bits per heavy atom. The van der Waals surface area contributed by atoms with E-state index in [1.165, 1.54) is 6.07 Å². The van der Waals surface area contributed by atoms with Crippen molar-refractivity contribution in [3.05, 3.63) is 46.6 Å². The number of aryl methyl sites for hydroxylation is 1. The van der Waals surface area contributed by atoms with Crippen LogP contribution in [0, 0.1) is 12.7 Å². The summed E-state index contributed by atoms with van der Waals surface area (Å²) >= 11 is 6.90. The molecule has 0 bridgehead atoms. The molecule has 0 N–H and O–H groups in total. The molecule has 92 valence electrons. The number of carbonyl (C=O) groups is 1. The van der Waals surface area contributed by atoms with Crippen LogP contribution in [0.25, 0.3) is 0 Å². The monoisotopic (exact) mass is 282 g/mol. The molecule has 1 aromatic heterocycles. The van der Waals surface area contributed by atoms with E-state index >= 15 is 0 Å². The first kappa shape index (κ1) is 13.0. The summed E-state index contributed by atoms with van der Waals surface area (Å²) in [4.78, 5) is 19.3. The van der Waals surface area contributed by atoms with Gasteiger partial charge < -0.3 is 0 Å². The average molecular weight is 283 g/mol. The number of carbonyl (C=O) groups excluding carboxylic acids is 1. The lowest BCUT2D eigenvalue weighted by Crippen LogP contribution is -1.98. The first-order chi connectivity index (χ1) is 8.61. The largest absolute Gasteiger partial charge is 0.298 e. The molecule has 0 aliphatic carbocycles. The molecule has 0 radical (unpaired) electrons. The minimum absolute atomic E-state index is 0.0799. The Kier molecular flexibility index (Phi) is 3.93. The quantitative estimate of drug-likeness (QED) is 0.638. The summed E-state index contributed by atoms with van der Waals surface area (Å²) in [6.07, 6.45) is 0.574. The van der Waals surface area contributed by atoms with Gasteiger partial charge in [-0.15, -0.1) is 0 Å². The predicted molar refractivity (Wildman–Crippen MR) is 67.7 cm³/mol. The Labute approximate surface area is 112 Å². The van der Waals surface area contributed by atoms with E-state index < -0.39 is 0 Å². The maximum absolute atomic E-state index is 13.5. The summed E-state index contributed by atoms with van der Waals surface area (Å²) in [5.41, 5.74) is 0.176. The lowest BCUT2D eigenvalue weighted by atomic mass is 10.3. The highest BCUT2D eigenvalue weighted by molar-refractivity contribution is 7.99. The molecule has 3 nitrogen and oxygen atoms in total. The zero-order chi connectivity index (χ0) is 13.1. The molecule has 6 heteroatoms. The maximum Gasteiger partial charge on any atom is 0.155 e. The molecule has 0 aliphatic rings. The molecule has 0 fully saturated rings. The summed E-state index contributed by atoms with van der Waals surface area (Å²) in [6.45, 7) is 1.66. The van der Waals surface area contributed by atoms with Crippen molar-refractivity contribution < 1.29 is 9.18 Å². The van der Waals surface area contributed by atoms with Gasteiger partial charge in [-0.2, -0.15) is 0 Å². The SMILES string of the molecule is Cc1nc(Cl)c(C=O)c(Sc2ccccc2F)n1. The van der Waals surface area contributed by atoms with E-state index in [-0.39, 0.29) is 16.5 Å². The first-order valence-electron chi connectivity index (χ1n) is 5.03. The number of hydrogen-bond acceptors (Lipinski definition) is 4. The zero-order valence-electron chi connectivity index (χ0n) is 9.35. The molecular weight excluding hydrogens is 275 g/mol. The van der Waals surface area contributed by atoms with Crippen molar-refractivity contribution in [2.75, 3.05) is 0 Å². The highest BCUT2D eigenvalue weighted by Crippen LogP contribution is 2.32. The highest BCUT2D eigenvalue weighted by atomic mass is 35.5. The summed E-state index contributed by atoms with van der Waals surface area (Å²) in [5.74, 6) is 0.0659. The molecule has 0 saturated carbocycles. The molecule has 2 rings (SSSR count). The van der Waals surface area contributed by atoms with Crippen LogP contribution in [0.2, 0.25) is 5.15 Å². The number of hydrogen-bond donors (Lipinski definition) is 0. The molecule has 0 unspecified atom stereocenters. The summed E-state index contributed by atoms with van der Waals surface area (Å²) in [5, 5.41) is 0.434. The Morgan fingerprint density at radius 3 is 2.72 bits per heavy atom. The van der Waals surface area contributed by atoms with Gasteiger partial charge in [-0.05, 0) is 19.1 Å². The van der Waals surface area contributed by atoms with Crippen LogP contribution in [0.5, 0.6) is 0 Å². The minimum atomic E-state index is -0.369. The molecule has 0 aliphatic heterocycles. The summed E-state index contributed by atoms with van der Waals surface area (Å²) < 4.78 is 13.5. The fourth-order valence-corrected chi connectivity index (χ4v) is 2.60. The molecule has 1 heterocycles. The van der Waals surface area contributed by atoms with Crippen LogP contribution < -0.4 is 0 Å². The van der Waals surface area contributed by atoms with E-state index in [2.05, 4.69) is 9.97 Å². The van der Waals surface area contributed by atoms with E-state index in [1.807, 2.05) is 0 Å². The fraction of sp³-hybridized carbons (Fsp3) is 0.0833. The van der Waals surface area contributed by atoms with Gasteiger partial charge in [-0.25, -0.2) is 14.4 Å². The van der Waals surface area contributed by atoms with Crippen molar-refractivity contribution in [2.24, 2.45) is 0 Å². The number of aromatic nitrogens is 2. The summed E-state index contributed by atoms with van der Waals surface area (Å²) in [7, 11) is 0. The van der Waals surface area contributed by atoms with E-state index in [0.29, 0.717) is 22.0 Å². The van der Waals surface area contributed by atoms with Crippen LogP contribution in [0.4, 0.5) is 4.39 Å². The molecule has 18 heavy (non-hydrogen) atoms. The normalized spacial score (nSPS) is 10.4. The van der Waals surface area contributed by atoms with Crippen LogP contribution in [-0.2, 0) is 0 Å². The third-order valence-electron chi connectivity index (χ3n) is 2.14. The van der Waals surface area contributed by atoms with Gasteiger partial charge in [-0.1, -0.05) is 35.5 Å². The number of rotatable bonds is 3. The second-order valence-electron chi connectivity index (χ2n) is 3.43. The maximum atomic E-state index is 13.5. The minimum Gasteiger partial charge on any atom is -0.298 e. The summed E-state index contributed by atoms with van der Waals surface area (Å²) in [6, 6.07) is 6.26. The second kappa shape index (κ2) is 5.46. The van der Waals surface area contributed by atoms with E-state index in [9.17, 15) is 9.18 Å². The molecule has 1 aromatic carbocycles. The molecule has 0 atom stereocenters. The van der Waals surface area contributed by atoms with Crippen molar-refractivity contribution in [1.82, 2.24) is 9.97 Å². The second-order valence-corrected chi connectivity index (χ2v) is 4.82. The number of nitrogens with zero attached hydrogens (tertiary/aromatic N) is 2. The van der Waals surface area contributed by atoms with Gasteiger partial charge in [0.1, 0.15) is 21.8 Å². The van der Waals surface area contributed by atoms with Crippen molar-refractivity contribution in [2.45, 2.75) is 16.8 Å². The van der Waals surface area contributed by atoms with Gasteiger partial charge >= 0.3 is 0 Å². The van der Waals surface area contributed by atoms with Gasteiger partial charge in [0.05, 0.1) is 5.56 Å². The van der Waals surface area contributed by atoms with Gasteiger partial charge in [0, 0.05) is 4.90 Å². The highest BCUT2D eigenvalue weighted by Gasteiger charge is 2.14. The Balaban J connectivity index is 2.46. The molecule has 0 saturated heterocycles. The Bertz CT molecular complexity index is 607. The third kappa shape index (κ3) is 2.68. The molecule has 0 amide bonds. The van der Waals surface area contributed by atoms with Crippen LogP contribution in [0.15, 0.2) is 34.2 Å². The number of halogens is 2. The average Bonchev–Trinajstić information content (AvgIpc) is 2.31. The van der Waals surface area contributed by atoms with Crippen molar-refractivity contribution in [3.8, 4) is 0 Å². The van der Waals surface area contributed by atoms with Crippen molar-refractivity contribution in [3.63, 3.8) is 0 Å². The fourth-order valence-electron chi connectivity index (χ4n) is 1.33. The lowest BCUT2D eigenvalue weighted by molar-refractivity contribution is 0.112. The smallest absolute Gasteiger partial charge is 0.155 e. The van der Waals surface area contributed by atoms with E-state index in [0.717, 1.165) is 11.8 Å². The first-order valence-corrected chi connectivity index (χ1v) is 6.23. The molecule has 2 aromatic rings. The van der Waals surface area contributed by atoms with Crippen molar-refractivity contribution >= 4 is 29.6 Å². The Morgan fingerprint density at radius 2 is 2.06 bits per heavy atom. The van der Waals surface area contributed by atoms with E-state index in [1.54, 1.807) is 25.1 Å². The predicted octanol–water partition coefficient (Wildman–Crippen LogP) is 3.54. The third-order valence-corrected chi connectivity index (χ3v) is 3.48. The molecular formula is C12H8ClFN2OS. The van der Waals surface area contributed by atoms with Crippen LogP contribution >= 0.6 is 23.4 Å². The van der Waals surface area contributed by atoms with Gasteiger partial charge in [0.2, 0.25) is 0 Å². The standard InChI is InChI=1S/C12H8ClFN2OS/c1-7-15-11(13)8(6-17)12(16-7)18-10-5-3-2-4-9(10)14/h2-6H,1H3. The van der Waals surface area contributed by atoms with Crippen LogP contribution in [0.3, 0.4) is 0 Å². The van der Waals surface area contributed by atoms with Gasteiger partial charge in [0.25, 0.3) is 0 Å². The van der Waals surface area contributed by atoms with E-state index in [4.69, 9.17) is 11.6 Å². The zero-order valence-corrected chi connectivity index (χ0v) is 10.9. The molecule has 0 spiro atoms. The number of aldehydes is 1. The van der Waals surface area contributed by atoms with Gasteiger partial charge in [-0.3, -0.25) is 4.79 Å². The van der Waals surface area contributed by atoms with Crippen LogP contribution in [-0.4, -0.2) is 16.3 Å². The number of benzene rings is 1. The van der Waals surface area contributed by atoms with Crippen molar-refractivity contribution in [1.29, 1.82) is 0 Å². The topological polar surface area (TPSA) is 42.9 Å². The van der Waals surface area contributed by atoms with Crippen LogP contribution in [0.1, 0.15) is 16.2 Å². The Hall–Kier alpha value is -1.46.